The predicted octanol–water partition coefficient (Wildman–Crippen LogP) is 2.95. The number of hydrogen-bond acceptors (Lipinski definition) is 6. The van der Waals surface area contributed by atoms with Crippen LogP contribution in [0.15, 0.2) is 34.1 Å². The van der Waals surface area contributed by atoms with Crippen LogP contribution >= 0.6 is 0 Å². The second-order valence-electron chi connectivity index (χ2n) is 9.07. The van der Waals surface area contributed by atoms with Crippen molar-refractivity contribution in [3.05, 3.63) is 40.3 Å². The number of aromatic nitrogens is 3. The van der Waals surface area contributed by atoms with Crippen LogP contribution in [0.1, 0.15) is 32.3 Å². The molecule has 0 radical (unpaired) electrons. The molecule has 0 aliphatic carbocycles. The van der Waals surface area contributed by atoms with Crippen molar-refractivity contribution in [2.24, 2.45) is 7.05 Å². The molecule has 1 N–H and O–H groups in total. The van der Waals surface area contributed by atoms with Gasteiger partial charge in [0.15, 0.2) is 0 Å². The highest BCUT2D eigenvalue weighted by molar-refractivity contribution is 7.89. The first-order valence-electron chi connectivity index (χ1n) is 12.4. The number of nitrogens with one attached hydrogen (secondary N) is 1. The largest absolute Gasteiger partial charge is 0.493 e. The SMILES string of the molecule is CCCOc1ccc(S(=O)(=O)N2CCN(CCF)CC2)cc1-c1nc2c(CCC)cn(C)c2c(=O)[nH]1. The van der Waals surface area contributed by atoms with Crippen LogP contribution in [-0.2, 0) is 23.5 Å². The van der Waals surface area contributed by atoms with Crippen molar-refractivity contribution >= 4 is 21.1 Å². The van der Waals surface area contributed by atoms with Crippen molar-refractivity contribution in [2.75, 3.05) is 46.0 Å². The van der Waals surface area contributed by atoms with Gasteiger partial charge >= 0.3 is 0 Å². The molecule has 0 atom stereocenters. The molecule has 36 heavy (non-hydrogen) atoms. The van der Waals surface area contributed by atoms with Crippen molar-refractivity contribution in [1.29, 1.82) is 0 Å². The number of piperazine rings is 1. The van der Waals surface area contributed by atoms with Gasteiger partial charge in [-0.05, 0) is 36.6 Å². The number of benzene rings is 1. The Morgan fingerprint density at radius 2 is 1.89 bits per heavy atom. The van der Waals surface area contributed by atoms with Crippen molar-refractivity contribution in [2.45, 2.75) is 38.0 Å². The van der Waals surface area contributed by atoms with Gasteiger partial charge in [0, 0.05) is 46.0 Å². The minimum atomic E-state index is -3.80. The zero-order valence-electron chi connectivity index (χ0n) is 21.1. The molecule has 9 nitrogen and oxygen atoms in total. The van der Waals surface area contributed by atoms with E-state index in [1.54, 1.807) is 10.6 Å². The lowest BCUT2D eigenvalue weighted by molar-refractivity contribution is 0.177. The number of aromatic amines is 1. The number of hydrogen-bond donors (Lipinski definition) is 1. The number of alkyl halides is 1. The van der Waals surface area contributed by atoms with E-state index in [4.69, 9.17) is 9.72 Å². The maximum Gasteiger partial charge on any atom is 0.275 e. The van der Waals surface area contributed by atoms with Gasteiger partial charge < -0.3 is 14.3 Å². The van der Waals surface area contributed by atoms with Gasteiger partial charge in [0.2, 0.25) is 10.0 Å². The summed E-state index contributed by atoms with van der Waals surface area (Å²) in [6, 6.07) is 4.68. The smallest absolute Gasteiger partial charge is 0.275 e. The summed E-state index contributed by atoms with van der Waals surface area (Å²) in [5.41, 5.74) is 2.18. The number of ether oxygens (including phenoxy) is 1. The molecule has 0 unspecified atom stereocenters. The molecule has 196 valence electrons. The summed E-state index contributed by atoms with van der Waals surface area (Å²) in [5, 5.41) is 0. The average molecular weight is 520 g/mol. The van der Waals surface area contributed by atoms with Crippen LogP contribution in [0.2, 0.25) is 0 Å². The second-order valence-corrected chi connectivity index (χ2v) is 11.0. The molecule has 2 aromatic heterocycles. The Morgan fingerprint density at radius 3 is 2.56 bits per heavy atom. The molecule has 1 aliphatic heterocycles. The number of H-pyrrole nitrogens is 1. The summed E-state index contributed by atoms with van der Waals surface area (Å²) in [6.45, 7) is 5.88. The minimum absolute atomic E-state index is 0.102. The molecule has 1 aliphatic rings. The van der Waals surface area contributed by atoms with E-state index in [-0.39, 0.29) is 29.4 Å². The van der Waals surface area contributed by atoms with Gasteiger partial charge in [0.05, 0.1) is 22.6 Å². The zero-order chi connectivity index (χ0) is 25.9. The summed E-state index contributed by atoms with van der Waals surface area (Å²) < 4.78 is 48.7. The van der Waals surface area contributed by atoms with Gasteiger partial charge in [0.1, 0.15) is 23.8 Å². The molecule has 3 aromatic rings. The molecule has 3 heterocycles. The molecule has 1 fully saturated rings. The first-order valence-corrected chi connectivity index (χ1v) is 13.9. The fourth-order valence-corrected chi connectivity index (χ4v) is 6.06. The Balaban J connectivity index is 1.78. The van der Waals surface area contributed by atoms with E-state index in [0.29, 0.717) is 48.6 Å². The number of halogens is 1. The van der Waals surface area contributed by atoms with Crippen molar-refractivity contribution in [1.82, 2.24) is 23.7 Å². The molecule has 0 amide bonds. The monoisotopic (exact) mass is 519 g/mol. The first kappa shape index (κ1) is 26.3. The van der Waals surface area contributed by atoms with Crippen molar-refractivity contribution < 1.29 is 17.5 Å². The molecular formula is C25H34FN5O4S. The third-order valence-corrected chi connectivity index (χ3v) is 8.35. The third-order valence-electron chi connectivity index (χ3n) is 6.46. The van der Waals surface area contributed by atoms with E-state index >= 15 is 0 Å². The Hall–Kier alpha value is -2.76. The highest BCUT2D eigenvalue weighted by atomic mass is 32.2. The molecule has 1 saturated heterocycles. The molecule has 1 aromatic carbocycles. The van der Waals surface area contributed by atoms with Crippen LogP contribution in [0, 0.1) is 0 Å². The molecule has 0 spiro atoms. The van der Waals surface area contributed by atoms with Crippen LogP contribution in [-0.4, -0.2) is 78.2 Å². The van der Waals surface area contributed by atoms with E-state index in [0.717, 1.165) is 24.8 Å². The lowest BCUT2D eigenvalue weighted by Gasteiger charge is -2.33. The van der Waals surface area contributed by atoms with Gasteiger partial charge in [-0.15, -0.1) is 0 Å². The highest BCUT2D eigenvalue weighted by Gasteiger charge is 2.29. The summed E-state index contributed by atoms with van der Waals surface area (Å²) in [7, 11) is -1.99. The fourth-order valence-electron chi connectivity index (χ4n) is 4.61. The standard InChI is InChI=1S/C25H34FN5O4S/c1-4-6-18-17-29(3)23-22(18)27-24(28-25(23)32)20-16-19(7-8-21(20)35-15-5-2)36(33,34)31-13-11-30(10-9-26)12-14-31/h7-8,16-17H,4-6,9-15H2,1-3H3,(H,27,28,32). The summed E-state index contributed by atoms with van der Waals surface area (Å²) in [5.74, 6) is 0.728. The van der Waals surface area contributed by atoms with Crippen LogP contribution in [0.5, 0.6) is 5.75 Å². The van der Waals surface area contributed by atoms with Gasteiger partial charge in [-0.1, -0.05) is 20.3 Å². The normalized spacial score (nSPS) is 15.6. The number of nitrogens with zero attached hydrogens (tertiary/aromatic N) is 4. The summed E-state index contributed by atoms with van der Waals surface area (Å²) in [4.78, 5) is 22.7. The molecular weight excluding hydrogens is 485 g/mol. The second kappa shape index (κ2) is 11.1. The lowest BCUT2D eigenvalue weighted by atomic mass is 10.1. The lowest BCUT2D eigenvalue weighted by Crippen LogP contribution is -2.49. The maximum atomic E-state index is 13.5. The highest BCUT2D eigenvalue weighted by Crippen LogP contribution is 2.32. The number of fused-ring (bicyclic) bond motifs is 1. The van der Waals surface area contributed by atoms with Crippen LogP contribution in [0.4, 0.5) is 4.39 Å². The van der Waals surface area contributed by atoms with Gasteiger partial charge in [-0.2, -0.15) is 4.31 Å². The Bertz CT molecular complexity index is 1380. The zero-order valence-corrected chi connectivity index (χ0v) is 21.9. The van der Waals surface area contributed by atoms with Gasteiger partial charge in [0.25, 0.3) is 5.56 Å². The van der Waals surface area contributed by atoms with E-state index < -0.39 is 16.7 Å². The minimum Gasteiger partial charge on any atom is -0.493 e. The van der Waals surface area contributed by atoms with E-state index in [2.05, 4.69) is 11.9 Å². The summed E-state index contributed by atoms with van der Waals surface area (Å²) >= 11 is 0. The Labute approximate surface area is 210 Å². The van der Waals surface area contributed by atoms with Crippen molar-refractivity contribution in [3.8, 4) is 17.1 Å². The number of aryl methyl sites for hydroxylation is 2. The van der Waals surface area contributed by atoms with E-state index in [9.17, 15) is 17.6 Å². The predicted molar refractivity (Wildman–Crippen MR) is 138 cm³/mol. The molecule has 11 heteroatoms. The third kappa shape index (κ3) is 5.18. The quantitative estimate of drug-likeness (QED) is 0.442. The van der Waals surface area contributed by atoms with Crippen LogP contribution < -0.4 is 10.3 Å². The maximum absolute atomic E-state index is 13.5. The van der Waals surface area contributed by atoms with E-state index in [1.165, 1.54) is 16.4 Å². The average Bonchev–Trinajstić information content (AvgIpc) is 3.18. The first-order chi connectivity index (χ1) is 17.3. The van der Waals surface area contributed by atoms with Gasteiger partial charge in [-0.3, -0.25) is 9.69 Å². The Morgan fingerprint density at radius 1 is 1.14 bits per heavy atom. The number of rotatable bonds is 10. The van der Waals surface area contributed by atoms with Crippen LogP contribution in [0.3, 0.4) is 0 Å². The number of sulfonamides is 1. The molecule has 0 saturated carbocycles. The molecule has 4 rings (SSSR count). The van der Waals surface area contributed by atoms with Gasteiger partial charge in [-0.25, -0.2) is 17.8 Å². The van der Waals surface area contributed by atoms with Crippen LogP contribution in [0.25, 0.3) is 22.4 Å². The van der Waals surface area contributed by atoms with Crippen molar-refractivity contribution in [3.63, 3.8) is 0 Å². The van der Waals surface area contributed by atoms with E-state index in [1.807, 2.05) is 25.1 Å². The topological polar surface area (TPSA) is 101 Å². The summed E-state index contributed by atoms with van der Waals surface area (Å²) in [6.07, 6.45) is 4.36. The Kier molecular flexibility index (Phi) is 8.11. The molecule has 0 bridgehead atoms. The fraction of sp³-hybridized carbons (Fsp3) is 0.520.